The number of nitrogens with zero attached hydrogens (tertiary/aromatic N) is 4. The van der Waals surface area contributed by atoms with Crippen LogP contribution in [0, 0.1) is 0 Å². The third kappa shape index (κ3) is 3.99. The van der Waals surface area contributed by atoms with E-state index in [4.69, 9.17) is 0 Å². The van der Waals surface area contributed by atoms with E-state index in [9.17, 15) is 18.3 Å². The van der Waals surface area contributed by atoms with Crippen molar-refractivity contribution < 1.29 is 18.3 Å². The maximum atomic E-state index is 12.8. The van der Waals surface area contributed by atoms with Gasteiger partial charge in [-0.2, -0.15) is 13.2 Å². The lowest BCUT2D eigenvalue weighted by Crippen LogP contribution is -2.15. The van der Waals surface area contributed by atoms with Crippen LogP contribution in [0.1, 0.15) is 25.1 Å². The van der Waals surface area contributed by atoms with Crippen molar-refractivity contribution in [3.63, 3.8) is 0 Å². The van der Waals surface area contributed by atoms with Gasteiger partial charge in [-0.15, -0.1) is 0 Å². The number of rotatable bonds is 4. The minimum Gasteiger partial charge on any atom is -0.384 e. The summed E-state index contributed by atoms with van der Waals surface area (Å²) in [5, 5.41) is 12.7. The summed E-state index contributed by atoms with van der Waals surface area (Å²) in [5.74, 6) is 0.852. The molecular weight excluding hydrogens is 347 g/mol. The molecule has 0 aliphatic rings. The highest BCUT2D eigenvalue weighted by molar-refractivity contribution is 5.53. The number of anilines is 2. The van der Waals surface area contributed by atoms with Crippen LogP contribution in [-0.4, -0.2) is 24.6 Å². The van der Waals surface area contributed by atoms with Gasteiger partial charge < -0.3 is 10.4 Å². The fourth-order valence-corrected chi connectivity index (χ4v) is 2.21. The molecule has 3 aromatic rings. The fraction of sp³-hybridized carbons (Fsp3) is 0.235. The van der Waals surface area contributed by atoms with Gasteiger partial charge in [0, 0.05) is 12.4 Å². The van der Waals surface area contributed by atoms with E-state index < -0.39 is 17.3 Å². The zero-order chi connectivity index (χ0) is 18.9. The monoisotopic (exact) mass is 363 g/mol. The highest BCUT2D eigenvalue weighted by atomic mass is 19.4. The molecule has 0 amide bonds. The quantitative estimate of drug-likeness (QED) is 0.740. The molecule has 26 heavy (non-hydrogen) atoms. The van der Waals surface area contributed by atoms with Crippen molar-refractivity contribution in [2.45, 2.75) is 25.6 Å². The van der Waals surface area contributed by atoms with Crippen LogP contribution < -0.4 is 5.32 Å². The standard InChI is InChI=1S/C17H16F3N5O/c1-16(2,26)12-9-25(10-22-12)15-5-3-4-13(24-15)23-14-8-11(6-7-21-14)17(18,19)20/h3-10,26H,1-2H3,(H,21,23,24). The van der Waals surface area contributed by atoms with Gasteiger partial charge in [-0.25, -0.2) is 15.0 Å². The van der Waals surface area contributed by atoms with Crippen LogP contribution >= 0.6 is 0 Å². The van der Waals surface area contributed by atoms with Gasteiger partial charge in [0.1, 0.15) is 29.4 Å². The topological polar surface area (TPSA) is 75.9 Å². The van der Waals surface area contributed by atoms with Crippen molar-refractivity contribution in [1.82, 2.24) is 19.5 Å². The third-order valence-corrected chi connectivity index (χ3v) is 3.55. The number of halogens is 3. The number of alkyl halides is 3. The second-order valence-corrected chi connectivity index (χ2v) is 6.16. The van der Waals surface area contributed by atoms with E-state index in [1.165, 1.54) is 6.33 Å². The van der Waals surface area contributed by atoms with Gasteiger partial charge in [-0.05, 0) is 38.1 Å². The largest absolute Gasteiger partial charge is 0.416 e. The number of hydrogen-bond donors (Lipinski definition) is 2. The summed E-state index contributed by atoms with van der Waals surface area (Å²) < 4.78 is 40.0. The fourth-order valence-electron chi connectivity index (χ4n) is 2.21. The zero-order valence-corrected chi connectivity index (χ0v) is 14.0. The Morgan fingerprint density at radius 1 is 1.08 bits per heavy atom. The van der Waals surface area contributed by atoms with Gasteiger partial charge in [0.05, 0.1) is 11.3 Å². The van der Waals surface area contributed by atoms with E-state index in [1.54, 1.807) is 42.8 Å². The molecule has 136 valence electrons. The number of aliphatic hydroxyl groups is 1. The third-order valence-electron chi connectivity index (χ3n) is 3.55. The van der Waals surface area contributed by atoms with E-state index in [0.29, 0.717) is 17.3 Å². The van der Waals surface area contributed by atoms with Gasteiger partial charge >= 0.3 is 6.18 Å². The number of nitrogens with one attached hydrogen (secondary N) is 1. The maximum Gasteiger partial charge on any atom is 0.416 e. The average molecular weight is 363 g/mol. The average Bonchev–Trinajstić information content (AvgIpc) is 3.05. The molecule has 0 aliphatic heterocycles. The molecule has 0 atom stereocenters. The van der Waals surface area contributed by atoms with Crippen LogP contribution in [-0.2, 0) is 11.8 Å². The van der Waals surface area contributed by atoms with E-state index in [-0.39, 0.29) is 5.82 Å². The van der Waals surface area contributed by atoms with Crippen LogP contribution in [0.5, 0.6) is 0 Å². The lowest BCUT2D eigenvalue weighted by atomic mass is 10.1. The Kier molecular flexibility index (Phi) is 4.41. The van der Waals surface area contributed by atoms with Gasteiger partial charge in [-0.1, -0.05) is 6.07 Å². The Morgan fingerprint density at radius 2 is 1.85 bits per heavy atom. The predicted molar refractivity (Wildman–Crippen MR) is 89.1 cm³/mol. The summed E-state index contributed by atoms with van der Waals surface area (Å²) in [6, 6.07) is 6.83. The van der Waals surface area contributed by atoms with Crippen molar-refractivity contribution >= 4 is 11.6 Å². The minimum atomic E-state index is -4.45. The molecule has 3 aromatic heterocycles. The normalized spacial score (nSPS) is 12.2. The van der Waals surface area contributed by atoms with E-state index in [0.717, 1.165) is 18.3 Å². The van der Waals surface area contributed by atoms with Crippen molar-refractivity contribution in [2.24, 2.45) is 0 Å². The molecule has 0 aliphatic carbocycles. The summed E-state index contributed by atoms with van der Waals surface area (Å²) in [7, 11) is 0. The molecule has 2 N–H and O–H groups in total. The first-order chi connectivity index (χ1) is 12.1. The lowest BCUT2D eigenvalue weighted by molar-refractivity contribution is -0.137. The summed E-state index contributed by atoms with van der Waals surface area (Å²) in [6.45, 7) is 3.23. The molecule has 0 bridgehead atoms. The summed E-state index contributed by atoms with van der Waals surface area (Å²) in [6.07, 6.45) is -0.226. The summed E-state index contributed by atoms with van der Waals surface area (Å²) in [4.78, 5) is 12.3. The molecule has 0 aromatic carbocycles. The summed E-state index contributed by atoms with van der Waals surface area (Å²) in [5.41, 5.74) is -1.42. The highest BCUT2D eigenvalue weighted by Crippen LogP contribution is 2.30. The second-order valence-electron chi connectivity index (χ2n) is 6.16. The molecule has 9 heteroatoms. The van der Waals surface area contributed by atoms with Gasteiger partial charge in [0.25, 0.3) is 0 Å². The highest BCUT2D eigenvalue weighted by Gasteiger charge is 2.30. The van der Waals surface area contributed by atoms with E-state index >= 15 is 0 Å². The molecule has 0 saturated heterocycles. The predicted octanol–water partition coefficient (Wildman–Crippen LogP) is 3.65. The zero-order valence-electron chi connectivity index (χ0n) is 14.0. The molecule has 3 rings (SSSR count). The van der Waals surface area contributed by atoms with Gasteiger partial charge in [-0.3, -0.25) is 4.57 Å². The molecular formula is C17H16F3N5O. The first kappa shape index (κ1) is 17.9. The number of aromatic nitrogens is 4. The Labute approximate surface area is 147 Å². The Bertz CT molecular complexity index is 915. The Hall–Kier alpha value is -2.94. The van der Waals surface area contributed by atoms with Crippen LogP contribution in [0.15, 0.2) is 49.1 Å². The molecule has 0 fully saturated rings. The number of imidazole rings is 1. The first-order valence-corrected chi connectivity index (χ1v) is 7.67. The van der Waals surface area contributed by atoms with Gasteiger partial charge in [0.15, 0.2) is 0 Å². The maximum absolute atomic E-state index is 12.8. The first-order valence-electron chi connectivity index (χ1n) is 7.67. The SMILES string of the molecule is CC(C)(O)c1cn(-c2cccc(Nc3cc(C(F)(F)F)ccn3)n2)cn1. The number of hydrogen-bond acceptors (Lipinski definition) is 5. The van der Waals surface area contributed by atoms with Crippen molar-refractivity contribution in [3.8, 4) is 5.82 Å². The molecule has 0 spiro atoms. The Balaban J connectivity index is 1.85. The van der Waals surface area contributed by atoms with Crippen LogP contribution in [0.3, 0.4) is 0 Å². The van der Waals surface area contributed by atoms with E-state index in [1.807, 2.05) is 0 Å². The van der Waals surface area contributed by atoms with Crippen molar-refractivity contribution in [2.75, 3.05) is 5.32 Å². The summed E-state index contributed by atoms with van der Waals surface area (Å²) >= 11 is 0. The molecule has 6 nitrogen and oxygen atoms in total. The van der Waals surface area contributed by atoms with Crippen molar-refractivity contribution in [1.29, 1.82) is 0 Å². The molecule has 0 radical (unpaired) electrons. The van der Waals surface area contributed by atoms with Crippen LogP contribution in [0.25, 0.3) is 5.82 Å². The Morgan fingerprint density at radius 3 is 2.50 bits per heavy atom. The second kappa shape index (κ2) is 6.41. The van der Waals surface area contributed by atoms with Gasteiger partial charge in [0.2, 0.25) is 0 Å². The van der Waals surface area contributed by atoms with Crippen LogP contribution in [0.4, 0.5) is 24.8 Å². The van der Waals surface area contributed by atoms with Crippen molar-refractivity contribution in [3.05, 3.63) is 60.3 Å². The molecule has 3 heterocycles. The minimum absolute atomic E-state index is 0.0345. The lowest BCUT2D eigenvalue weighted by Gasteiger charge is -2.13. The smallest absolute Gasteiger partial charge is 0.384 e. The van der Waals surface area contributed by atoms with E-state index in [2.05, 4.69) is 20.3 Å². The number of pyridine rings is 2. The van der Waals surface area contributed by atoms with Crippen LogP contribution in [0.2, 0.25) is 0 Å². The molecule has 0 saturated carbocycles. The molecule has 0 unspecified atom stereocenters.